The van der Waals surface area contributed by atoms with Crippen LogP contribution in [0.5, 0.6) is 0 Å². The topological polar surface area (TPSA) is 75.4 Å². The maximum Gasteiger partial charge on any atom is 0.254 e. The van der Waals surface area contributed by atoms with Crippen molar-refractivity contribution in [3.05, 3.63) is 18.1 Å². The molecule has 0 bridgehead atoms. The molecule has 94 valence electrons. The second kappa shape index (κ2) is 3.94. The number of nitrogens with one attached hydrogen (secondary N) is 1. The second-order valence-electron chi connectivity index (χ2n) is 4.50. The van der Waals surface area contributed by atoms with E-state index >= 15 is 0 Å². The van der Waals surface area contributed by atoms with Gasteiger partial charge in [0.15, 0.2) is 0 Å². The Morgan fingerprint density at radius 1 is 1.50 bits per heavy atom. The molecular formula is C11H14N6O. The number of carbonyl (C=O) groups is 1. The summed E-state index contributed by atoms with van der Waals surface area (Å²) in [5.41, 5.74) is 0.844. The zero-order chi connectivity index (χ0) is 12.7. The number of amides is 1. The smallest absolute Gasteiger partial charge is 0.254 e. The molecule has 3 heterocycles. The average Bonchev–Trinajstić information content (AvgIpc) is 2.90. The van der Waals surface area contributed by atoms with E-state index in [1.165, 1.54) is 6.33 Å². The minimum absolute atomic E-state index is 0.109. The maximum atomic E-state index is 11.9. The molecule has 1 N–H and O–H groups in total. The molecule has 0 saturated carbocycles. The molecule has 7 heteroatoms. The van der Waals surface area contributed by atoms with Gasteiger partial charge >= 0.3 is 0 Å². The van der Waals surface area contributed by atoms with Crippen LogP contribution in [0.15, 0.2) is 12.4 Å². The molecule has 7 nitrogen and oxygen atoms in total. The number of likely N-dealkylation sites (tertiary alicyclic amines) is 1. The third-order valence-corrected chi connectivity index (χ3v) is 3.13. The Morgan fingerprint density at radius 2 is 2.33 bits per heavy atom. The highest BCUT2D eigenvalue weighted by atomic mass is 16.2. The lowest BCUT2D eigenvalue weighted by atomic mass is 10.2. The third kappa shape index (κ3) is 1.68. The Kier molecular flexibility index (Phi) is 2.39. The molecule has 1 aliphatic rings. The van der Waals surface area contributed by atoms with E-state index in [1.807, 2.05) is 20.0 Å². The predicted molar refractivity (Wildman–Crippen MR) is 65.2 cm³/mol. The van der Waals surface area contributed by atoms with Crippen LogP contribution in [0.2, 0.25) is 0 Å². The second-order valence-corrected chi connectivity index (χ2v) is 4.50. The van der Waals surface area contributed by atoms with Gasteiger partial charge in [0.1, 0.15) is 18.2 Å². The summed E-state index contributed by atoms with van der Waals surface area (Å²) >= 11 is 0. The summed E-state index contributed by atoms with van der Waals surface area (Å²) in [5, 5.41) is 7.32. The molecule has 0 aromatic carbocycles. The van der Waals surface area contributed by atoms with Gasteiger partial charge in [0.2, 0.25) is 5.91 Å². The zero-order valence-electron chi connectivity index (χ0n) is 10.3. The highest BCUT2D eigenvalue weighted by molar-refractivity contribution is 5.86. The Balaban J connectivity index is 1.95. The number of hydrogen-bond donors (Lipinski definition) is 1. The Hall–Kier alpha value is -2.18. The maximum absolute atomic E-state index is 11.9. The Morgan fingerprint density at radius 3 is 3.06 bits per heavy atom. The van der Waals surface area contributed by atoms with Gasteiger partial charge < -0.3 is 10.2 Å². The van der Waals surface area contributed by atoms with E-state index in [1.54, 1.807) is 9.42 Å². The molecular weight excluding hydrogens is 232 g/mol. The van der Waals surface area contributed by atoms with E-state index < -0.39 is 0 Å². The van der Waals surface area contributed by atoms with Crippen molar-refractivity contribution in [3.63, 3.8) is 0 Å². The number of fused-ring (bicyclic) bond motifs is 1. The molecule has 1 unspecified atom stereocenters. The molecule has 2 aromatic heterocycles. The lowest BCUT2D eigenvalue weighted by Crippen LogP contribution is -2.31. The van der Waals surface area contributed by atoms with Crippen LogP contribution in [-0.4, -0.2) is 50.0 Å². The number of aromatic nitrogens is 4. The van der Waals surface area contributed by atoms with Crippen LogP contribution < -0.4 is 5.32 Å². The summed E-state index contributed by atoms with van der Waals surface area (Å²) in [6.07, 6.45) is 2.25. The molecule has 18 heavy (non-hydrogen) atoms. The number of aryl methyl sites for hydroxylation is 1. The molecule has 0 spiro atoms. The highest BCUT2D eigenvalue weighted by Crippen LogP contribution is 2.16. The van der Waals surface area contributed by atoms with Gasteiger partial charge in [-0.3, -0.25) is 4.79 Å². The van der Waals surface area contributed by atoms with Gasteiger partial charge in [0.25, 0.3) is 5.78 Å². The van der Waals surface area contributed by atoms with Gasteiger partial charge in [-0.15, -0.1) is 0 Å². The van der Waals surface area contributed by atoms with Gasteiger partial charge in [-0.1, -0.05) is 0 Å². The number of likely N-dealkylation sites (N-methyl/N-ethyl adjacent to an activating group) is 1. The summed E-state index contributed by atoms with van der Waals surface area (Å²) in [5.74, 6) is 1.40. The van der Waals surface area contributed by atoms with E-state index in [0.29, 0.717) is 5.78 Å². The molecule has 1 atom stereocenters. The van der Waals surface area contributed by atoms with E-state index in [2.05, 4.69) is 20.4 Å². The first-order valence-electron chi connectivity index (χ1n) is 5.84. The first-order valence-corrected chi connectivity index (χ1v) is 5.84. The van der Waals surface area contributed by atoms with E-state index in [-0.39, 0.29) is 11.9 Å². The van der Waals surface area contributed by atoms with Crippen LogP contribution in [-0.2, 0) is 4.79 Å². The van der Waals surface area contributed by atoms with Crippen molar-refractivity contribution < 1.29 is 4.79 Å². The van der Waals surface area contributed by atoms with Crippen LogP contribution in [0.3, 0.4) is 0 Å². The first-order chi connectivity index (χ1) is 8.65. The lowest BCUT2D eigenvalue weighted by Gasteiger charge is -2.14. The standard InChI is InChI=1S/C11H14N6O/c1-7-5-9(17-11(14-7)12-6-13-17)15-8-3-4-16(2)10(8)18/h5-6,8,15H,3-4H2,1-2H3. The largest absolute Gasteiger partial charge is 0.358 e. The van der Waals surface area contributed by atoms with Gasteiger partial charge in [-0.25, -0.2) is 4.98 Å². The van der Waals surface area contributed by atoms with Gasteiger partial charge in [-0.2, -0.15) is 14.6 Å². The van der Waals surface area contributed by atoms with Gasteiger partial charge in [0.05, 0.1) is 0 Å². The first kappa shape index (κ1) is 10.9. The molecule has 2 aromatic rings. The van der Waals surface area contributed by atoms with Gasteiger partial charge in [-0.05, 0) is 13.3 Å². The fourth-order valence-corrected chi connectivity index (χ4v) is 2.17. The van der Waals surface area contributed by atoms with E-state index in [9.17, 15) is 4.79 Å². The number of anilines is 1. The Labute approximate surface area is 104 Å². The van der Waals surface area contributed by atoms with Crippen LogP contribution in [0, 0.1) is 6.92 Å². The van der Waals surface area contributed by atoms with Crippen LogP contribution in [0.1, 0.15) is 12.1 Å². The van der Waals surface area contributed by atoms with E-state index in [4.69, 9.17) is 0 Å². The summed E-state index contributed by atoms with van der Waals surface area (Å²) in [4.78, 5) is 21.9. The van der Waals surface area contributed by atoms with Crippen LogP contribution >= 0.6 is 0 Å². The molecule has 1 amide bonds. The summed E-state index contributed by atoms with van der Waals surface area (Å²) in [7, 11) is 1.81. The molecule has 1 saturated heterocycles. The molecule has 1 aliphatic heterocycles. The zero-order valence-corrected chi connectivity index (χ0v) is 10.3. The quantitative estimate of drug-likeness (QED) is 0.812. The van der Waals surface area contributed by atoms with E-state index in [0.717, 1.165) is 24.5 Å². The Bertz CT molecular complexity index is 607. The molecule has 0 aliphatic carbocycles. The summed E-state index contributed by atoms with van der Waals surface area (Å²) in [6.45, 7) is 2.67. The minimum atomic E-state index is -0.191. The molecule has 3 rings (SSSR count). The van der Waals surface area contributed by atoms with Crippen molar-refractivity contribution in [2.75, 3.05) is 18.9 Å². The molecule has 1 fully saturated rings. The third-order valence-electron chi connectivity index (χ3n) is 3.13. The number of carbonyl (C=O) groups excluding carboxylic acids is 1. The average molecular weight is 246 g/mol. The van der Waals surface area contributed by atoms with Gasteiger partial charge in [0, 0.05) is 25.4 Å². The van der Waals surface area contributed by atoms with Crippen molar-refractivity contribution in [3.8, 4) is 0 Å². The summed E-state index contributed by atoms with van der Waals surface area (Å²) in [6, 6.07) is 1.68. The predicted octanol–water partition coefficient (Wildman–Crippen LogP) is 0.0753. The molecule has 0 radical (unpaired) electrons. The van der Waals surface area contributed by atoms with Crippen molar-refractivity contribution in [1.29, 1.82) is 0 Å². The SMILES string of the molecule is Cc1cc(NC2CCN(C)C2=O)n2ncnc2n1. The fourth-order valence-electron chi connectivity index (χ4n) is 2.17. The highest BCUT2D eigenvalue weighted by Gasteiger charge is 2.29. The van der Waals surface area contributed by atoms with Crippen molar-refractivity contribution in [1.82, 2.24) is 24.5 Å². The fraction of sp³-hybridized carbons (Fsp3) is 0.455. The lowest BCUT2D eigenvalue weighted by molar-refractivity contribution is -0.127. The summed E-state index contributed by atoms with van der Waals surface area (Å²) < 4.78 is 1.61. The monoisotopic (exact) mass is 246 g/mol. The number of nitrogens with zero attached hydrogens (tertiary/aromatic N) is 5. The van der Waals surface area contributed by atoms with Crippen molar-refractivity contribution in [2.45, 2.75) is 19.4 Å². The normalized spacial score (nSPS) is 19.8. The van der Waals surface area contributed by atoms with Crippen molar-refractivity contribution in [2.24, 2.45) is 0 Å². The number of rotatable bonds is 2. The van der Waals surface area contributed by atoms with Crippen LogP contribution in [0.4, 0.5) is 5.82 Å². The number of hydrogen-bond acceptors (Lipinski definition) is 5. The van der Waals surface area contributed by atoms with Crippen molar-refractivity contribution >= 4 is 17.5 Å². The van der Waals surface area contributed by atoms with Crippen LogP contribution in [0.25, 0.3) is 5.78 Å². The minimum Gasteiger partial charge on any atom is -0.358 e.